The molecule has 0 bridgehead atoms. The molecular formula is C13H18N2O2S2. The van der Waals surface area contributed by atoms with Crippen LogP contribution in [-0.2, 0) is 9.84 Å². The summed E-state index contributed by atoms with van der Waals surface area (Å²) in [5.74, 6) is 0.126. The minimum absolute atomic E-state index is 0.126. The zero-order valence-corrected chi connectivity index (χ0v) is 12.5. The lowest BCUT2D eigenvalue weighted by molar-refractivity contribution is 0.343. The van der Waals surface area contributed by atoms with Crippen LogP contribution in [0.25, 0.3) is 0 Å². The van der Waals surface area contributed by atoms with Crippen molar-refractivity contribution in [1.29, 1.82) is 0 Å². The highest BCUT2D eigenvalue weighted by Gasteiger charge is 2.27. The van der Waals surface area contributed by atoms with Gasteiger partial charge in [0.25, 0.3) is 0 Å². The minimum atomic E-state index is -3.27. The summed E-state index contributed by atoms with van der Waals surface area (Å²) in [4.78, 5) is 2.61. The standard InChI is InChI=1S/C13H18N2O2S2/c1-15(11-5-6-11)7-8-19(16,17)12-4-2-3-10(9-12)13(14)18/h2-4,9,11H,5-8H2,1H3,(H2,14,18). The van der Waals surface area contributed by atoms with E-state index in [9.17, 15) is 8.42 Å². The molecule has 1 aromatic rings. The average molecular weight is 298 g/mol. The summed E-state index contributed by atoms with van der Waals surface area (Å²) < 4.78 is 24.5. The number of nitrogens with zero attached hydrogens (tertiary/aromatic N) is 1. The lowest BCUT2D eigenvalue weighted by atomic mass is 10.2. The Balaban J connectivity index is 2.09. The molecule has 6 heteroatoms. The van der Waals surface area contributed by atoms with Gasteiger partial charge in [-0.25, -0.2) is 8.42 Å². The van der Waals surface area contributed by atoms with E-state index in [2.05, 4.69) is 4.90 Å². The number of sulfone groups is 1. The second-order valence-electron chi connectivity index (χ2n) is 4.92. The number of nitrogens with two attached hydrogens (primary N) is 1. The van der Waals surface area contributed by atoms with Crippen LogP contribution >= 0.6 is 12.2 Å². The Labute approximate surface area is 119 Å². The maximum Gasteiger partial charge on any atom is 0.179 e. The smallest absolute Gasteiger partial charge is 0.179 e. The molecular weight excluding hydrogens is 280 g/mol. The summed E-state index contributed by atoms with van der Waals surface area (Å²) in [6.07, 6.45) is 2.35. The largest absolute Gasteiger partial charge is 0.389 e. The number of rotatable bonds is 6. The van der Waals surface area contributed by atoms with Crippen molar-refractivity contribution in [2.45, 2.75) is 23.8 Å². The van der Waals surface area contributed by atoms with Crippen molar-refractivity contribution in [3.05, 3.63) is 29.8 Å². The molecule has 1 saturated carbocycles. The van der Waals surface area contributed by atoms with Crippen LogP contribution in [-0.4, -0.2) is 43.7 Å². The molecule has 4 nitrogen and oxygen atoms in total. The van der Waals surface area contributed by atoms with Crippen LogP contribution in [0.3, 0.4) is 0 Å². The van der Waals surface area contributed by atoms with Gasteiger partial charge in [0.15, 0.2) is 9.84 Å². The molecule has 1 fully saturated rings. The second kappa shape index (κ2) is 5.56. The van der Waals surface area contributed by atoms with Crippen molar-refractivity contribution < 1.29 is 8.42 Å². The SMILES string of the molecule is CN(CCS(=O)(=O)c1cccc(C(N)=S)c1)C1CC1. The van der Waals surface area contributed by atoms with Crippen molar-refractivity contribution >= 4 is 27.0 Å². The van der Waals surface area contributed by atoms with E-state index in [0.29, 0.717) is 23.0 Å². The Bertz CT molecular complexity index is 580. The van der Waals surface area contributed by atoms with E-state index in [-0.39, 0.29) is 10.7 Å². The molecule has 2 rings (SSSR count). The number of thiocarbonyl (C=S) groups is 1. The Hall–Kier alpha value is -0.980. The quantitative estimate of drug-likeness (QED) is 0.799. The first-order valence-corrected chi connectivity index (χ1v) is 8.29. The summed E-state index contributed by atoms with van der Waals surface area (Å²) in [5, 5.41) is 0. The van der Waals surface area contributed by atoms with E-state index in [4.69, 9.17) is 18.0 Å². The van der Waals surface area contributed by atoms with Gasteiger partial charge in [0, 0.05) is 18.2 Å². The van der Waals surface area contributed by atoms with Crippen LogP contribution in [0.2, 0.25) is 0 Å². The molecule has 0 spiro atoms. The summed E-state index contributed by atoms with van der Waals surface area (Å²) in [6.45, 7) is 0.560. The Kier molecular flexibility index (Phi) is 4.23. The van der Waals surface area contributed by atoms with Gasteiger partial charge in [-0.2, -0.15) is 0 Å². The molecule has 1 aliphatic rings. The molecule has 2 N–H and O–H groups in total. The molecule has 104 valence electrons. The highest BCUT2D eigenvalue weighted by atomic mass is 32.2. The molecule has 1 aliphatic carbocycles. The molecule has 0 saturated heterocycles. The highest BCUT2D eigenvalue weighted by Crippen LogP contribution is 2.25. The van der Waals surface area contributed by atoms with Gasteiger partial charge in [-0.15, -0.1) is 0 Å². The van der Waals surface area contributed by atoms with Crippen molar-refractivity contribution in [2.75, 3.05) is 19.3 Å². The van der Waals surface area contributed by atoms with Gasteiger partial charge in [0.2, 0.25) is 0 Å². The van der Waals surface area contributed by atoms with E-state index < -0.39 is 9.84 Å². The molecule has 1 aromatic carbocycles. The van der Waals surface area contributed by atoms with Crippen LogP contribution < -0.4 is 5.73 Å². The van der Waals surface area contributed by atoms with E-state index >= 15 is 0 Å². The third-order valence-corrected chi connectivity index (χ3v) is 5.29. The van der Waals surface area contributed by atoms with Crippen LogP contribution in [0.15, 0.2) is 29.2 Å². The van der Waals surface area contributed by atoms with Crippen molar-refractivity contribution in [3.63, 3.8) is 0 Å². The zero-order valence-electron chi connectivity index (χ0n) is 10.9. The first kappa shape index (κ1) is 14.4. The first-order valence-electron chi connectivity index (χ1n) is 6.23. The molecule has 0 unspecified atom stereocenters. The Morgan fingerprint density at radius 1 is 1.47 bits per heavy atom. The predicted octanol–water partition coefficient (Wildman–Crippen LogP) is 1.19. The molecule has 0 aliphatic heterocycles. The molecule has 19 heavy (non-hydrogen) atoms. The van der Waals surface area contributed by atoms with Gasteiger partial charge < -0.3 is 10.6 Å². The van der Waals surface area contributed by atoms with Gasteiger partial charge in [-0.3, -0.25) is 0 Å². The van der Waals surface area contributed by atoms with Crippen molar-refractivity contribution in [2.24, 2.45) is 5.73 Å². The second-order valence-corrected chi connectivity index (χ2v) is 7.47. The van der Waals surface area contributed by atoms with Crippen molar-refractivity contribution in [3.8, 4) is 0 Å². The van der Waals surface area contributed by atoms with Crippen LogP contribution in [0.1, 0.15) is 18.4 Å². The molecule has 0 atom stereocenters. The summed E-state index contributed by atoms with van der Waals surface area (Å²) >= 11 is 4.87. The van der Waals surface area contributed by atoms with E-state index in [1.54, 1.807) is 24.3 Å². The average Bonchev–Trinajstić information content (AvgIpc) is 3.20. The molecule has 0 heterocycles. The zero-order chi connectivity index (χ0) is 14.0. The summed E-state index contributed by atoms with van der Waals surface area (Å²) in [7, 11) is -1.30. The third kappa shape index (κ3) is 3.75. The molecule has 0 aromatic heterocycles. The predicted molar refractivity (Wildman–Crippen MR) is 80.0 cm³/mol. The minimum Gasteiger partial charge on any atom is -0.389 e. The lowest BCUT2D eigenvalue weighted by Crippen LogP contribution is -2.27. The summed E-state index contributed by atoms with van der Waals surface area (Å²) in [5.41, 5.74) is 6.11. The van der Waals surface area contributed by atoms with Gasteiger partial charge in [0.05, 0.1) is 10.6 Å². The Morgan fingerprint density at radius 3 is 2.74 bits per heavy atom. The van der Waals surface area contributed by atoms with Crippen molar-refractivity contribution in [1.82, 2.24) is 4.90 Å². The monoisotopic (exact) mass is 298 g/mol. The first-order chi connectivity index (χ1) is 8.90. The van der Waals surface area contributed by atoms with E-state index in [1.807, 2.05) is 7.05 Å². The van der Waals surface area contributed by atoms with Gasteiger partial charge in [-0.1, -0.05) is 24.4 Å². The van der Waals surface area contributed by atoms with Crippen LogP contribution in [0.4, 0.5) is 0 Å². The fourth-order valence-electron chi connectivity index (χ4n) is 1.92. The van der Waals surface area contributed by atoms with Gasteiger partial charge in [-0.05, 0) is 32.0 Å². The Morgan fingerprint density at radius 2 is 2.16 bits per heavy atom. The van der Waals surface area contributed by atoms with E-state index in [0.717, 1.165) is 0 Å². The van der Waals surface area contributed by atoms with Crippen LogP contribution in [0, 0.1) is 0 Å². The maximum absolute atomic E-state index is 12.2. The molecule has 0 amide bonds. The van der Waals surface area contributed by atoms with Gasteiger partial charge in [0.1, 0.15) is 4.99 Å². The lowest BCUT2D eigenvalue weighted by Gasteiger charge is -2.15. The number of benzene rings is 1. The normalized spacial score (nSPS) is 15.7. The van der Waals surface area contributed by atoms with Gasteiger partial charge >= 0.3 is 0 Å². The maximum atomic E-state index is 12.2. The fraction of sp³-hybridized carbons (Fsp3) is 0.462. The van der Waals surface area contributed by atoms with Crippen LogP contribution in [0.5, 0.6) is 0 Å². The van der Waals surface area contributed by atoms with E-state index in [1.165, 1.54) is 12.8 Å². The highest BCUT2D eigenvalue weighted by molar-refractivity contribution is 7.91. The topological polar surface area (TPSA) is 63.4 Å². The fourth-order valence-corrected chi connectivity index (χ4v) is 3.41. The third-order valence-electron chi connectivity index (χ3n) is 3.36. The number of hydrogen-bond donors (Lipinski definition) is 1. The number of hydrogen-bond acceptors (Lipinski definition) is 4. The summed E-state index contributed by atoms with van der Waals surface area (Å²) in [6, 6.07) is 7.10. The molecule has 0 radical (unpaired) electrons.